The van der Waals surface area contributed by atoms with E-state index in [1.54, 1.807) is 32.4 Å². The summed E-state index contributed by atoms with van der Waals surface area (Å²) >= 11 is 0. The van der Waals surface area contributed by atoms with Crippen LogP contribution in [0.25, 0.3) is 0 Å². The summed E-state index contributed by atoms with van der Waals surface area (Å²) in [5.41, 5.74) is 3.05. The van der Waals surface area contributed by atoms with Crippen molar-refractivity contribution in [1.29, 1.82) is 0 Å². The van der Waals surface area contributed by atoms with Gasteiger partial charge in [-0.15, -0.1) is 0 Å². The molecule has 1 aliphatic rings. The second kappa shape index (κ2) is 8.20. The lowest BCUT2D eigenvalue weighted by atomic mass is 10.1. The normalized spacial score (nSPS) is 16.8. The molecule has 1 heterocycles. The van der Waals surface area contributed by atoms with E-state index in [1.165, 1.54) is 11.3 Å². The van der Waals surface area contributed by atoms with E-state index in [-0.39, 0.29) is 12.1 Å². The largest absolute Gasteiger partial charge is 0.497 e. The van der Waals surface area contributed by atoms with E-state index in [1.807, 2.05) is 4.90 Å². The Labute approximate surface area is 160 Å². The number of aryl methyl sites for hydroxylation is 1. The number of hydrogen-bond donors (Lipinski definition) is 1. The quantitative estimate of drug-likeness (QED) is 0.892. The van der Waals surface area contributed by atoms with E-state index >= 15 is 0 Å². The molecule has 27 heavy (non-hydrogen) atoms. The summed E-state index contributed by atoms with van der Waals surface area (Å²) in [5, 5.41) is 2.95. The molecule has 6 heteroatoms. The van der Waals surface area contributed by atoms with Gasteiger partial charge in [-0.1, -0.05) is 17.7 Å². The van der Waals surface area contributed by atoms with E-state index in [0.717, 1.165) is 6.54 Å². The van der Waals surface area contributed by atoms with E-state index in [0.29, 0.717) is 30.3 Å². The number of nitrogens with zero attached hydrogens (tertiary/aromatic N) is 2. The Bertz CT molecular complexity index is 792. The fourth-order valence-electron chi connectivity index (χ4n) is 3.37. The molecule has 0 aromatic heterocycles. The molecule has 1 aliphatic heterocycles. The van der Waals surface area contributed by atoms with Crippen molar-refractivity contribution in [3.05, 3.63) is 48.0 Å². The van der Waals surface area contributed by atoms with Crippen molar-refractivity contribution in [3.8, 4) is 11.5 Å². The van der Waals surface area contributed by atoms with Crippen molar-refractivity contribution in [1.82, 2.24) is 4.90 Å². The van der Waals surface area contributed by atoms with Gasteiger partial charge < -0.3 is 24.6 Å². The first-order chi connectivity index (χ1) is 13.0. The molecule has 2 aromatic carbocycles. The minimum atomic E-state index is -0.128. The molecule has 0 saturated carbocycles. The molecule has 1 saturated heterocycles. The van der Waals surface area contributed by atoms with Gasteiger partial charge in [-0.05, 0) is 38.1 Å². The van der Waals surface area contributed by atoms with Gasteiger partial charge in [-0.3, -0.25) is 0 Å². The Morgan fingerprint density at radius 3 is 2.44 bits per heavy atom. The van der Waals surface area contributed by atoms with Crippen molar-refractivity contribution in [2.24, 2.45) is 0 Å². The third-order valence-corrected chi connectivity index (χ3v) is 4.93. The zero-order valence-corrected chi connectivity index (χ0v) is 16.4. The van der Waals surface area contributed by atoms with E-state index in [9.17, 15) is 4.79 Å². The zero-order chi connectivity index (χ0) is 19.4. The van der Waals surface area contributed by atoms with Gasteiger partial charge in [-0.25, -0.2) is 4.79 Å². The van der Waals surface area contributed by atoms with Gasteiger partial charge in [0, 0.05) is 37.4 Å². The maximum Gasteiger partial charge on any atom is 0.322 e. The topological polar surface area (TPSA) is 54.0 Å². The van der Waals surface area contributed by atoms with E-state index in [4.69, 9.17) is 9.47 Å². The van der Waals surface area contributed by atoms with Crippen molar-refractivity contribution in [2.45, 2.75) is 19.9 Å². The van der Waals surface area contributed by atoms with Crippen molar-refractivity contribution < 1.29 is 14.3 Å². The van der Waals surface area contributed by atoms with Crippen molar-refractivity contribution in [2.75, 3.05) is 44.1 Å². The predicted molar refractivity (Wildman–Crippen MR) is 108 cm³/mol. The highest BCUT2D eigenvalue weighted by Gasteiger charge is 2.27. The smallest absolute Gasteiger partial charge is 0.322 e. The summed E-state index contributed by atoms with van der Waals surface area (Å²) < 4.78 is 10.6. The Morgan fingerprint density at radius 1 is 1.07 bits per heavy atom. The van der Waals surface area contributed by atoms with Gasteiger partial charge in [0.05, 0.1) is 19.9 Å². The standard InChI is InChI=1S/C21H27N3O3/c1-15-5-7-17(8-6-15)24-12-11-23(14-16(24)2)21(25)22-19-13-18(26-3)9-10-20(19)27-4/h5-10,13,16H,11-12,14H2,1-4H3,(H,22,25). The predicted octanol–water partition coefficient (Wildman–Crippen LogP) is 3.75. The average molecular weight is 369 g/mol. The molecule has 2 aromatic rings. The maximum atomic E-state index is 12.8. The molecule has 1 fully saturated rings. The van der Waals surface area contributed by atoms with Gasteiger partial charge in [0.2, 0.25) is 0 Å². The first-order valence-corrected chi connectivity index (χ1v) is 9.13. The Morgan fingerprint density at radius 2 is 1.81 bits per heavy atom. The second-order valence-corrected chi connectivity index (χ2v) is 6.82. The van der Waals surface area contributed by atoms with Crippen LogP contribution in [-0.4, -0.2) is 50.8 Å². The molecule has 2 amide bonds. The summed E-state index contributed by atoms with van der Waals surface area (Å²) in [4.78, 5) is 17.0. The first-order valence-electron chi connectivity index (χ1n) is 9.13. The molecule has 1 N–H and O–H groups in total. The van der Waals surface area contributed by atoms with Crippen LogP contribution in [0.15, 0.2) is 42.5 Å². The third kappa shape index (κ3) is 4.27. The lowest BCUT2D eigenvalue weighted by molar-refractivity contribution is 0.200. The van der Waals surface area contributed by atoms with Crippen LogP contribution in [0.5, 0.6) is 11.5 Å². The maximum absolute atomic E-state index is 12.8. The monoisotopic (exact) mass is 369 g/mol. The van der Waals surface area contributed by atoms with Crippen LogP contribution in [0.4, 0.5) is 16.2 Å². The highest BCUT2D eigenvalue weighted by atomic mass is 16.5. The molecule has 144 valence electrons. The second-order valence-electron chi connectivity index (χ2n) is 6.82. The van der Waals surface area contributed by atoms with E-state index < -0.39 is 0 Å². The van der Waals surface area contributed by atoms with Crippen molar-refractivity contribution >= 4 is 17.4 Å². The number of benzene rings is 2. The number of amides is 2. The Hall–Kier alpha value is -2.89. The van der Waals surface area contributed by atoms with Crippen LogP contribution in [0.2, 0.25) is 0 Å². The molecular weight excluding hydrogens is 342 g/mol. The highest BCUT2D eigenvalue weighted by molar-refractivity contribution is 5.91. The SMILES string of the molecule is COc1ccc(OC)c(NC(=O)N2CCN(c3ccc(C)cc3)C(C)C2)c1. The van der Waals surface area contributed by atoms with Crippen LogP contribution < -0.4 is 19.7 Å². The number of rotatable bonds is 4. The molecule has 0 aliphatic carbocycles. The number of ether oxygens (including phenoxy) is 2. The van der Waals surface area contributed by atoms with Gasteiger partial charge >= 0.3 is 6.03 Å². The van der Waals surface area contributed by atoms with Gasteiger partial charge in [0.15, 0.2) is 0 Å². The van der Waals surface area contributed by atoms with Crippen LogP contribution in [0, 0.1) is 6.92 Å². The fourth-order valence-corrected chi connectivity index (χ4v) is 3.37. The Kier molecular flexibility index (Phi) is 5.74. The summed E-state index contributed by atoms with van der Waals surface area (Å²) in [6.07, 6.45) is 0. The first kappa shape index (κ1) is 18.9. The number of methoxy groups -OCH3 is 2. The lowest BCUT2D eigenvalue weighted by Crippen LogP contribution is -2.54. The number of piperazine rings is 1. The molecule has 1 atom stereocenters. The molecular formula is C21H27N3O3. The summed E-state index contributed by atoms with van der Waals surface area (Å²) in [6, 6.07) is 14.0. The third-order valence-electron chi connectivity index (χ3n) is 4.93. The van der Waals surface area contributed by atoms with Crippen LogP contribution in [0.1, 0.15) is 12.5 Å². The number of carbonyl (C=O) groups is 1. The number of anilines is 2. The van der Waals surface area contributed by atoms with Gasteiger partial charge in [0.25, 0.3) is 0 Å². The van der Waals surface area contributed by atoms with Crippen molar-refractivity contribution in [3.63, 3.8) is 0 Å². The number of urea groups is 1. The van der Waals surface area contributed by atoms with Crippen LogP contribution in [0.3, 0.4) is 0 Å². The molecule has 1 unspecified atom stereocenters. The number of hydrogen-bond acceptors (Lipinski definition) is 4. The summed E-state index contributed by atoms with van der Waals surface area (Å²) in [5.74, 6) is 1.28. The minimum absolute atomic E-state index is 0.128. The molecule has 0 spiro atoms. The molecule has 0 radical (unpaired) electrons. The van der Waals surface area contributed by atoms with E-state index in [2.05, 4.69) is 48.3 Å². The van der Waals surface area contributed by atoms with Crippen LogP contribution >= 0.6 is 0 Å². The summed E-state index contributed by atoms with van der Waals surface area (Å²) in [7, 11) is 3.18. The summed E-state index contributed by atoms with van der Waals surface area (Å²) in [6.45, 7) is 6.35. The lowest BCUT2D eigenvalue weighted by Gasteiger charge is -2.41. The Balaban J connectivity index is 1.66. The highest BCUT2D eigenvalue weighted by Crippen LogP contribution is 2.29. The molecule has 3 rings (SSSR count). The number of carbonyl (C=O) groups excluding carboxylic acids is 1. The fraction of sp³-hybridized carbons (Fsp3) is 0.381. The number of nitrogens with one attached hydrogen (secondary N) is 1. The van der Waals surface area contributed by atoms with Gasteiger partial charge in [-0.2, -0.15) is 0 Å². The zero-order valence-electron chi connectivity index (χ0n) is 16.4. The average Bonchev–Trinajstić information content (AvgIpc) is 2.68. The minimum Gasteiger partial charge on any atom is -0.497 e. The van der Waals surface area contributed by atoms with Gasteiger partial charge in [0.1, 0.15) is 11.5 Å². The van der Waals surface area contributed by atoms with Crippen LogP contribution in [-0.2, 0) is 0 Å². The molecule has 6 nitrogen and oxygen atoms in total. The molecule has 0 bridgehead atoms.